The summed E-state index contributed by atoms with van der Waals surface area (Å²) in [6.45, 7) is 0.228. The minimum absolute atomic E-state index is 0.0609. The lowest BCUT2D eigenvalue weighted by atomic mass is 10.1. The Morgan fingerprint density at radius 3 is 2.63 bits per heavy atom. The van der Waals surface area contributed by atoms with Crippen LogP contribution in [-0.2, 0) is 21.4 Å². The monoisotopic (exact) mass is 487 g/mol. The average Bonchev–Trinajstić information content (AvgIpc) is 2.87. The van der Waals surface area contributed by atoms with Crippen molar-refractivity contribution >= 4 is 38.3 Å². The van der Waals surface area contributed by atoms with E-state index in [1.165, 1.54) is 19.2 Å². The molecule has 35 heavy (non-hydrogen) atoms. The highest BCUT2D eigenvalue weighted by Gasteiger charge is 2.37. The van der Waals surface area contributed by atoms with Gasteiger partial charge in [-0.1, -0.05) is 42.5 Å². The molecule has 1 aliphatic heterocycles. The molecule has 0 saturated carbocycles. The lowest BCUT2D eigenvalue weighted by Crippen LogP contribution is -2.37. The fraction of sp³-hybridized carbons (Fsp3) is 0.0769. The van der Waals surface area contributed by atoms with Crippen molar-refractivity contribution in [2.45, 2.75) is 11.5 Å². The van der Waals surface area contributed by atoms with Crippen LogP contribution in [0.5, 0.6) is 5.75 Å². The first-order chi connectivity index (χ1) is 16.8. The predicted octanol–water partition coefficient (Wildman–Crippen LogP) is 4.31. The minimum Gasteiger partial charge on any atom is -0.505 e. The molecule has 4 aromatic rings. The highest BCUT2D eigenvalue weighted by molar-refractivity contribution is 7.89. The summed E-state index contributed by atoms with van der Waals surface area (Å²) in [5.74, 6) is -0.687. The topological polar surface area (TPSA) is 109 Å². The van der Waals surface area contributed by atoms with Gasteiger partial charge < -0.3 is 15.2 Å². The van der Waals surface area contributed by atoms with Crippen LogP contribution in [0.1, 0.15) is 11.3 Å². The molecule has 1 aromatic heterocycles. The summed E-state index contributed by atoms with van der Waals surface area (Å²) in [5, 5.41) is 14.4. The largest absolute Gasteiger partial charge is 0.505 e. The molecule has 8 nitrogen and oxygen atoms in total. The van der Waals surface area contributed by atoms with E-state index in [9.17, 15) is 18.3 Å². The Balaban J connectivity index is 1.35. The number of hydrogen-bond donors (Lipinski definition) is 2. The molecule has 176 valence electrons. The van der Waals surface area contributed by atoms with Crippen molar-refractivity contribution < 1.29 is 23.1 Å². The third-order valence-corrected chi connectivity index (χ3v) is 7.49. The zero-order chi connectivity index (χ0) is 24.6. The van der Waals surface area contributed by atoms with Gasteiger partial charge in [0.25, 0.3) is 15.9 Å². The van der Waals surface area contributed by atoms with Crippen LogP contribution < -0.4 is 10.1 Å². The number of nitrogens with one attached hydrogen (secondary N) is 1. The highest BCUT2D eigenvalue weighted by Crippen LogP contribution is 2.34. The molecule has 3 aromatic carbocycles. The molecule has 1 amide bonds. The normalized spacial score (nSPS) is 14.5. The third kappa shape index (κ3) is 4.17. The van der Waals surface area contributed by atoms with Crippen LogP contribution in [0, 0.1) is 0 Å². The number of nitrogens with zero attached hydrogens (tertiary/aromatic N) is 2. The number of sulfonamides is 1. The zero-order valence-corrected chi connectivity index (χ0v) is 19.5. The van der Waals surface area contributed by atoms with Crippen molar-refractivity contribution in [1.29, 1.82) is 0 Å². The summed E-state index contributed by atoms with van der Waals surface area (Å²) in [5.41, 5.74) is 1.71. The van der Waals surface area contributed by atoms with Gasteiger partial charge in [-0.2, -0.15) is 0 Å². The summed E-state index contributed by atoms with van der Waals surface area (Å²) in [6.07, 6.45) is 0. The second-order valence-electron chi connectivity index (χ2n) is 7.93. The lowest BCUT2D eigenvalue weighted by molar-refractivity contribution is -0.113. The Labute approximate surface area is 202 Å². The SMILES string of the molecule is CN1C(C(=O)Nc2cccc(OCc3ccc4ccccc4n3)c2)=C(O)c2ccccc2S1(=O)=O. The number of carbonyl (C=O) groups is 1. The number of ether oxygens (including phenoxy) is 1. The molecule has 0 fully saturated rings. The Bertz CT molecular complexity index is 1600. The summed E-state index contributed by atoms with van der Waals surface area (Å²) in [7, 11) is -2.75. The molecule has 0 unspecified atom stereocenters. The van der Waals surface area contributed by atoms with Crippen LogP contribution in [0.2, 0.25) is 0 Å². The number of rotatable bonds is 5. The maximum absolute atomic E-state index is 13.0. The van der Waals surface area contributed by atoms with Crippen molar-refractivity contribution in [2.75, 3.05) is 12.4 Å². The summed E-state index contributed by atoms with van der Waals surface area (Å²) in [4.78, 5) is 17.5. The number of benzene rings is 3. The Kier molecular flexibility index (Phi) is 5.62. The second kappa shape index (κ2) is 8.77. The van der Waals surface area contributed by atoms with E-state index in [1.54, 1.807) is 36.4 Å². The first-order valence-corrected chi connectivity index (χ1v) is 12.2. The maximum Gasteiger partial charge on any atom is 0.276 e. The Hall–Kier alpha value is -4.37. The van der Waals surface area contributed by atoms with E-state index in [1.807, 2.05) is 36.4 Å². The van der Waals surface area contributed by atoms with E-state index in [-0.39, 0.29) is 22.8 Å². The van der Waals surface area contributed by atoms with E-state index in [0.717, 1.165) is 20.9 Å². The summed E-state index contributed by atoms with van der Waals surface area (Å²) < 4.78 is 32.3. The number of pyridine rings is 1. The molecule has 0 spiro atoms. The first-order valence-electron chi connectivity index (χ1n) is 10.7. The summed E-state index contributed by atoms with van der Waals surface area (Å²) in [6, 6.07) is 24.3. The smallest absolute Gasteiger partial charge is 0.276 e. The fourth-order valence-electron chi connectivity index (χ4n) is 3.88. The highest BCUT2D eigenvalue weighted by atomic mass is 32.2. The number of anilines is 1. The Morgan fingerprint density at radius 1 is 1.00 bits per heavy atom. The van der Waals surface area contributed by atoms with Crippen molar-refractivity contribution in [3.05, 3.63) is 102 Å². The molecule has 0 atom stereocenters. The number of aliphatic hydroxyl groups excluding tert-OH is 1. The molecule has 5 rings (SSSR count). The molecular formula is C26H21N3O5S. The van der Waals surface area contributed by atoms with E-state index in [4.69, 9.17) is 4.74 Å². The molecule has 9 heteroatoms. The fourth-order valence-corrected chi connectivity index (χ4v) is 5.28. The lowest BCUT2D eigenvalue weighted by Gasteiger charge is -2.28. The summed E-state index contributed by atoms with van der Waals surface area (Å²) >= 11 is 0. The van der Waals surface area contributed by atoms with Crippen LogP contribution in [0.25, 0.3) is 16.7 Å². The van der Waals surface area contributed by atoms with Gasteiger partial charge in [0.2, 0.25) is 0 Å². The van der Waals surface area contributed by atoms with Crippen LogP contribution in [0.3, 0.4) is 0 Å². The number of fused-ring (bicyclic) bond motifs is 2. The number of likely N-dealkylation sites (N-methyl/N-ethyl adjacent to an activating group) is 1. The van der Waals surface area contributed by atoms with Gasteiger partial charge in [0.05, 0.1) is 16.1 Å². The van der Waals surface area contributed by atoms with Gasteiger partial charge in [-0.05, 0) is 36.4 Å². The molecule has 2 N–H and O–H groups in total. The minimum atomic E-state index is -3.98. The molecule has 0 bridgehead atoms. The number of aromatic nitrogens is 1. The van der Waals surface area contributed by atoms with Gasteiger partial charge >= 0.3 is 0 Å². The van der Waals surface area contributed by atoms with Gasteiger partial charge in [0.1, 0.15) is 12.4 Å². The van der Waals surface area contributed by atoms with Crippen LogP contribution >= 0.6 is 0 Å². The van der Waals surface area contributed by atoms with Crippen molar-refractivity contribution in [2.24, 2.45) is 0 Å². The van der Waals surface area contributed by atoms with Crippen LogP contribution in [-0.4, -0.2) is 35.8 Å². The van der Waals surface area contributed by atoms with E-state index >= 15 is 0 Å². The number of amides is 1. The molecule has 0 radical (unpaired) electrons. The van der Waals surface area contributed by atoms with Crippen molar-refractivity contribution in [3.8, 4) is 5.75 Å². The second-order valence-corrected chi connectivity index (χ2v) is 9.87. The molecule has 1 aliphatic rings. The zero-order valence-electron chi connectivity index (χ0n) is 18.7. The number of carbonyl (C=O) groups excluding carboxylic acids is 1. The molecule has 2 heterocycles. The maximum atomic E-state index is 13.0. The predicted molar refractivity (Wildman–Crippen MR) is 132 cm³/mol. The first kappa shape index (κ1) is 22.4. The molecular weight excluding hydrogens is 466 g/mol. The quantitative estimate of drug-likeness (QED) is 0.434. The van der Waals surface area contributed by atoms with E-state index in [0.29, 0.717) is 11.4 Å². The Morgan fingerprint density at radius 2 is 1.77 bits per heavy atom. The van der Waals surface area contributed by atoms with Gasteiger partial charge in [0, 0.05) is 29.8 Å². The standard InChI is InChI=1S/C26H21N3O5S/c1-29-24(25(30)21-10-3-5-12-23(21)35(29,32)33)26(31)28-18-8-6-9-20(15-18)34-16-19-14-13-17-7-2-4-11-22(17)27-19/h2-15,30H,16H2,1H3,(H,28,31). The van der Waals surface area contributed by atoms with Crippen LogP contribution in [0.4, 0.5) is 5.69 Å². The molecule has 0 aliphatic carbocycles. The van der Waals surface area contributed by atoms with Gasteiger partial charge in [-0.3, -0.25) is 9.10 Å². The number of aliphatic hydroxyl groups is 1. The molecule has 0 saturated heterocycles. The van der Waals surface area contributed by atoms with Crippen molar-refractivity contribution in [1.82, 2.24) is 9.29 Å². The van der Waals surface area contributed by atoms with Gasteiger partial charge in [-0.25, -0.2) is 13.4 Å². The van der Waals surface area contributed by atoms with Crippen LogP contribution in [0.15, 0.2) is 95.5 Å². The van der Waals surface area contributed by atoms with E-state index in [2.05, 4.69) is 10.3 Å². The average molecular weight is 488 g/mol. The number of para-hydroxylation sites is 1. The number of hydrogen-bond acceptors (Lipinski definition) is 6. The van der Waals surface area contributed by atoms with Crippen molar-refractivity contribution in [3.63, 3.8) is 0 Å². The third-order valence-electron chi connectivity index (χ3n) is 5.67. The van der Waals surface area contributed by atoms with Gasteiger partial charge in [-0.15, -0.1) is 0 Å². The van der Waals surface area contributed by atoms with E-state index < -0.39 is 21.7 Å². The van der Waals surface area contributed by atoms with Gasteiger partial charge in [0.15, 0.2) is 11.5 Å².